The lowest BCUT2D eigenvalue weighted by Gasteiger charge is -2.08. The van der Waals surface area contributed by atoms with Crippen LogP contribution in [0.15, 0.2) is 64.8 Å². The maximum atomic E-state index is 11.6. The molecule has 0 spiro atoms. The van der Waals surface area contributed by atoms with Crippen molar-refractivity contribution >= 4 is 17.4 Å². The second kappa shape index (κ2) is 7.31. The van der Waals surface area contributed by atoms with Gasteiger partial charge in [-0.15, -0.1) is 0 Å². The number of benzene rings is 2. The molecule has 126 valence electrons. The first-order chi connectivity index (χ1) is 12.0. The minimum absolute atomic E-state index is 0.0709. The normalized spacial score (nSPS) is 10.5. The molecular formula is C18H15N3O3S. The Morgan fingerprint density at radius 2 is 1.56 bits per heavy atom. The highest BCUT2D eigenvalue weighted by Crippen LogP contribution is 2.39. The molecule has 0 fully saturated rings. The average Bonchev–Trinajstić information content (AvgIpc) is 2.59. The van der Waals surface area contributed by atoms with E-state index in [0.717, 1.165) is 16.0 Å². The summed E-state index contributed by atoms with van der Waals surface area (Å²) in [4.78, 5) is 19.9. The summed E-state index contributed by atoms with van der Waals surface area (Å²) in [5, 5.41) is 11.8. The van der Waals surface area contributed by atoms with Crippen LogP contribution in [-0.2, 0) is 0 Å². The van der Waals surface area contributed by atoms with Crippen LogP contribution in [0.3, 0.4) is 0 Å². The molecule has 0 N–H and O–H groups in total. The van der Waals surface area contributed by atoms with Crippen LogP contribution >= 0.6 is 11.8 Å². The van der Waals surface area contributed by atoms with Crippen molar-refractivity contribution < 1.29 is 9.66 Å². The standard InChI is InChI=1S/C18H15N3O3S/c1-12-3-7-14(8-4-12)24-17-16(21(22)23)18(20-11-19-17)25-15-9-5-13(2)6-10-15/h3-11H,1-2H3. The molecule has 0 aliphatic carbocycles. The predicted molar refractivity (Wildman–Crippen MR) is 95.2 cm³/mol. The van der Waals surface area contributed by atoms with Gasteiger partial charge in [-0.2, -0.15) is 4.98 Å². The molecule has 0 aliphatic heterocycles. The summed E-state index contributed by atoms with van der Waals surface area (Å²) in [6.45, 7) is 3.93. The van der Waals surface area contributed by atoms with E-state index < -0.39 is 4.92 Å². The molecule has 25 heavy (non-hydrogen) atoms. The van der Waals surface area contributed by atoms with Gasteiger partial charge < -0.3 is 4.74 Å². The van der Waals surface area contributed by atoms with Gasteiger partial charge in [0.2, 0.25) is 0 Å². The van der Waals surface area contributed by atoms with Gasteiger partial charge in [0.25, 0.3) is 0 Å². The SMILES string of the molecule is Cc1ccc(Oc2ncnc(Sc3ccc(C)cc3)c2[N+](=O)[O-])cc1. The molecule has 0 bridgehead atoms. The zero-order valence-corrected chi connectivity index (χ0v) is 14.5. The molecule has 7 heteroatoms. The molecule has 0 amide bonds. The number of rotatable bonds is 5. The van der Waals surface area contributed by atoms with E-state index in [2.05, 4.69) is 9.97 Å². The van der Waals surface area contributed by atoms with Gasteiger partial charge in [0, 0.05) is 4.90 Å². The van der Waals surface area contributed by atoms with E-state index in [9.17, 15) is 10.1 Å². The Morgan fingerprint density at radius 3 is 2.16 bits per heavy atom. The van der Waals surface area contributed by atoms with Gasteiger partial charge in [0.1, 0.15) is 12.1 Å². The molecule has 3 rings (SSSR count). The van der Waals surface area contributed by atoms with Crippen molar-refractivity contribution in [2.75, 3.05) is 0 Å². The Kier molecular flexibility index (Phi) is 4.95. The molecule has 0 unspecified atom stereocenters. The third kappa shape index (κ3) is 4.13. The molecule has 1 heterocycles. The maximum Gasteiger partial charge on any atom is 0.363 e. The van der Waals surface area contributed by atoms with Crippen molar-refractivity contribution in [1.29, 1.82) is 0 Å². The predicted octanol–water partition coefficient (Wildman–Crippen LogP) is 4.95. The average molecular weight is 353 g/mol. The largest absolute Gasteiger partial charge is 0.434 e. The number of hydrogen-bond acceptors (Lipinski definition) is 6. The van der Waals surface area contributed by atoms with E-state index in [1.807, 2.05) is 50.2 Å². The van der Waals surface area contributed by atoms with Crippen LogP contribution in [0.5, 0.6) is 11.6 Å². The number of nitrogens with zero attached hydrogens (tertiary/aromatic N) is 3. The highest BCUT2D eigenvalue weighted by molar-refractivity contribution is 7.99. The Bertz CT molecular complexity index is 831. The van der Waals surface area contributed by atoms with Gasteiger partial charge in [0.05, 0.1) is 4.92 Å². The zero-order valence-electron chi connectivity index (χ0n) is 13.7. The van der Waals surface area contributed by atoms with Gasteiger partial charge in [-0.1, -0.05) is 47.2 Å². The zero-order chi connectivity index (χ0) is 17.8. The molecule has 1 aromatic heterocycles. The van der Waals surface area contributed by atoms with Crippen molar-refractivity contribution in [2.45, 2.75) is 23.8 Å². The van der Waals surface area contributed by atoms with E-state index in [1.54, 1.807) is 12.1 Å². The summed E-state index contributed by atoms with van der Waals surface area (Å²) in [7, 11) is 0. The Labute approximate surface area is 149 Å². The number of hydrogen-bond donors (Lipinski definition) is 0. The number of aryl methyl sites for hydroxylation is 2. The molecule has 2 aromatic carbocycles. The Hall–Kier alpha value is -2.93. The van der Waals surface area contributed by atoms with Crippen LogP contribution < -0.4 is 4.74 Å². The third-order valence-electron chi connectivity index (χ3n) is 3.41. The second-order valence-electron chi connectivity index (χ2n) is 5.42. The molecule has 6 nitrogen and oxygen atoms in total. The first-order valence-corrected chi connectivity index (χ1v) is 8.33. The minimum Gasteiger partial charge on any atom is -0.434 e. The van der Waals surface area contributed by atoms with E-state index in [4.69, 9.17) is 4.74 Å². The van der Waals surface area contributed by atoms with Crippen LogP contribution in [-0.4, -0.2) is 14.9 Å². The highest BCUT2D eigenvalue weighted by Gasteiger charge is 2.25. The fourth-order valence-corrected chi connectivity index (χ4v) is 2.94. The maximum absolute atomic E-state index is 11.6. The lowest BCUT2D eigenvalue weighted by molar-refractivity contribution is -0.389. The van der Waals surface area contributed by atoms with Crippen LogP contribution in [0, 0.1) is 24.0 Å². The van der Waals surface area contributed by atoms with Crippen LogP contribution in [0.1, 0.15) is 11.1 Å². The number of aromatic nitrogens is 2. The second-order valence-corrected chi connectivity index (χ2v) is 6.48. The third-order valence-corrected chi connectivity index (χ3v) is 4.41. The van der Waals surface area contributed by atoms with Crippen molar-refractivity contribution in [1.82, 2.24) is 9.97 Å². The number of nitro groups is 1. The summed E-state index contributed by atoms with van der Waals surface area (Å²) in [5.41, 5.74) is 1.94. The molecule has 0 saturated heterocycles. The fourth-order valence-electron chi connectivity index (χ4n) is 2.09. The Balaban J connectivity index is 1.94. The smallest absolute Gasteiger partial charge is 0.363 e. The van der Waals surface area contributed by atoms with Gasteiger partial charge in [-0.25, -0.2) is 4.98 Å². The fraction of sp³-hybridized carbons (Fsp3) is 0.111. The topological polar surface area (TPSA) is 78.2 Å². The monoisotopic (exact) mass is 353 g/mol. The molecule has 0 atom stereocenters. The molecule has 0 aliphatic rings. The summed E-state index contributed by atoms with van der Waals surface area (Å²) in [5.74, 6) is 0.414. The van der Waals surface area contributed by atoms with Gasteiger partial charge in [0.15, 0.2) is 5.03 Å². The van der Waals surface area contributed by atoms with Crippen molar-refractivity contribution in [3.8, 4) is 11.6 Å². The van der Waals surface area contributed by atoms with E-state index >= 15 is 0 Å². The lowest BCUT2D eigenvalue weighted by atomic mass is 10.2. The van der Waals surface area contributed by atoms with Gasteiger partial charge >= 0.3 is 11.6 Å². The van der Waals surface area contributed by atoms with E-state index in [-0.39, 0.29) is 16.6 Å². The van der Waals surface area contributed by atoms with Crippen LogP contribution in [0.2, 0.25) is 0 Å². The summed E-state index contributed by atoms with van der Waals surface area (Å²) in [6.07, 6.45) is 1.27. The van der Waals surface area contributed by atoms with Crippen LogP contribution in [0.4, 0.5) is 5.69 Å². The summed E-state index contributed by atoms with van der Waals surface area (Å²) >= 11 is 1.21. The van der Waals surface area contributed by atoms with Crippen molar-refractivity contribution in [2.24, 2.45) is 0 Å². The minimum atomic E-state index is -0.514. The summed E-state index contributed by atoms with van der Waals surface area (Å²) in [6, 6.07) is 14.9. The van der Waals surface area contributed by atoms with E-state index in [1.165, 1.54) is 18.1 Å². The first-order valence-electron chi connectivity index (χ1n) is 7.51. The molecule has 0 saturated carbocycles. The quantitative estimate of drug-likeness (QED) is 0.367. The Morgan fingerprint density at radius 1 is 0.960 bits per heavy atom. The highest BCUT2D eigenvalue weighted by atomic mass is 32.2. The van der Waals surface area contributed by atoms with Crippen molar-refractivity contribution in [3.05, 3.63) is 76.1 Å². The first kappa shape index (κ1) is 16.9. The van der Waals surface area contributed by atoms with Crippen LogP contribution in [0.25, 0.3) is 0 Å². The van der Waals surface area contributed by atoms with E-state index in [0.29, 0.717) is 5.75 Å². The van der Waals surface area contributed by atoms with Crippen molar-refractivity contribution in [3.63, 3.8) is 0 Å². The molecule has 0 radical (unpaired) electrons. The molecule has 3 aromatic rings. The van der Waals surface area contributed by atoms with Gasteiger partial charge in [-0.3, -0.25) is 10.1 Å². The number of ether oxygens (including phenoxy) is 1. The van der Waals surface area contributed by atoms with Gasteiger partial charge in [-0.05, 0) is 38.1 Å². The molecular weight excluding hydrogens is 338 g/mol. The lowest BCUT2D eigenvalue weighted by Crippen LogP contribution is -2.00. The summed E-state index contributed by atoms with van der Waals surface area (Å²) < 4.78 is 5.62.